The molecule has 4 aliphatic carbocycles. The Hall–Kier alpha value is -0.530. The molecule has 0 radical (unpaired) electrons. The van der Waals surface area contributed by atoms with Gasteiger partial charge >= 0.3 is 5.97 Å². The standard InChI is InChI=1S/C35H62O2/c1-7-8-9-10-11-15-33(36)37-28-20-22-34(5)27(24-28)16-17-29-31-19-18-30(26(4)14-12-13-25(2)3)35(31,6)23-21-32(29)34/h25-32H,7-24H2,1-6H3. The van der Waals surface area contributed by atoms with Crippen LogP contribution in [0, 0.1) is 52.3 Å². The van der Waals surface area contributed by atoms with Gasteiger partial charge in [-0.2, -0.15) is 0 Å². The lowest BCUT2D eigenvalue weighted by molar-refractivity contribution is -0.162. The highest BCUT2D eigenvalue weighted by molar-refractivity contribution is 5.69. The summed E-state index contributed by atoms with van der Waals surface area (Å²) in [5, 5.41) is 0. The second-order valence-electron chi connectivity index (χ2n) is 15.2. The third kappa shape index (κ3) is 6.45. The van der Waals surface area contributed by atoms with Gasteiger partial charge in [0.2, 0.25) is 0 Å². The molecular formula is C35H62O2. The number of rotatable bonds is 12. The molecule has 0 saturated heterocycles. The van der Waals surface area contributed by atoms with Crippen LogP contribution in [0.25, 0.3) is 0 Å². The smallest absolute Gasteiger partial charge is 0.306 e. The van der Waals surface area contributed by atoms with Crippen molar-refractivity contribution < 1.29 is 9.53 Å². The highest BCUT2D eigenvalue weighted by Crippen LogP contribution is 2.68. The molecule has 0 N–H and O–H groups in total. The highest BCUT2D eigenvalue weighted by Gasteiger charge is 2.60. The van der Waals surface area contributed by atoms with E-state index in [0.717, 1.165) is 60.7 Å². The van der Waals surface area contributed by atoms with Crippen molar-refractivity contribution in [1.82, 2.24) is 0 Å². The molecule has 4 rings (SSSR count). The van der Waals surface area contributed by atoms with Crippen molar-refractivity contribution in [1.29, 1.82) is 0 Å². The molecule has 0 bridgehead atoms. The van der Waals surface area contributed by atoms with Crippen LogP contribution in [0.3, 0.4) is 0 Å². The molecule has 4 saturated carbocycles. The van der Waals surface area contributed by atoms with Gasteiger partial charge in [0, 0.05) is 6.42 Å². The van der Waals surface area contributed by atoms with Crippen LogP contribution in [0.4, 0.5) is 0 Å². The first kappa shape index (κ1) is 29.5. The van der Waals surface area contributed by atoms with E-state index in [9.17, 15) is 4.79 Å². The monoisotopic (exact) mass is 514 g/mol. The van der Waals surface area contributed by atoms with Gasteiger partial charge in [-0.25, -0.2) is 0 Å². The van der Waals surface area contributed by atoms with Crippen molar-refractivity contribution in [3.8, 4) is 0 Å². The second kappa shape index (κ2) is 12.8. The van der Waals surface area contributed by atoms with Crippen LogP contribution >= 0.6 is 0 Å². The molecule has 4 aliphatic rings. The summed E-state index contributed by atoms with van der Waals surface area (Å²) in [6.45, 7) is 15.0. The molecule has 9 unspecified atom stereocenters. The lowest BCUT2D eigenvalue weighted by atomic mass is 9.44. The summed E-state index contributed by atoms with van der Waals surface area (Å²) in [6, 6.07) is 0. The first-order valence-electron chi connectivity index (χ1n) is 16.9. The van der Waals surface area contributed by atoms with E-state index in [1.165, 1.54) is 89.9 Å². The Bertz CT molecular complexity index is 729. The zero-order valence-electron chi connectivity index (χ0n) is 25.7. The minimum absolute atomic E-state index is 0.0757. The number of carbonyl (C=O) groups excluding carboxylic acids is 1. The molecule has 9 atom stereocenters. The van der Waals surface area contributed by atoms with Crippen LogP contribution in [0.2, 0.25) is 0 Å². The zero-order chi connectivity index (χ0) is 26.6. The summed E-state index contributed by atoms with van der Waals surface area (Å²) >= 11 is 0. The van der Waals surface area contributed by atoms with Crippen LogP contribution in [-0.2, 0) is 9.53 Å². The van der Waals surface area contributed by atoms with Gasteiger partial charge in [0.1, 0.15) is 6.10 Å². The summed E-state index contributed by atoms with van der Waals surface area (Å²) in [7, 11) is 0. The van der Waals surface area contributed by atoms with Gasteiger partial charge in [-0.05, 0) is 116 Å². The van der Waals surface area contributed by atoms with Gasteiger partial charge in [0.05, 0.1) is 0 Å². The topological polar surface area (TPSA) is 26.3 Å². The molecule has 0 aromatic heterocycles. The highest BCUT2D eigenvalue weighted by atomic mass is 16.5. The van der Waals surface area contributed by atoms with Crippen LogP contribution in [0.15, 0.2) is 0 Å². The number of hydrogen-bond acceptors (Lipinski definition) is 2. The maximum atomic E-state index is 12.5. The molecule has 0 aliphatic heterocycles. The predicted molar refractivity (Wildman–Crippen MR) is 156 cm³/mol. The summed E-state index contributed by atoms with van der Waals surface area (Å²) in [5.41, 5.74) is 1.07. The van der Waals surface area contributed by atoms with Crippen molar-refractivity contribution in [2.75, 3.05) is 0 Å². The van der Waals surface area contributed by atoms with E-state index in [0.29, 0.717) is 17.3 Å². The van der Waals surface area contributed by atoms with Crippen molar-refractivity contribution in [3.63, 3.8) is 0 Å². The van der Waals surface area contributed by atoms with Crippen LogP contribution in [0.5, 0.6) is 0 Å². The fraction of sp³-hybridized carbons (Fsp3) is 0.971. The van der Waals surface area contributed by atoms with Gasteiger partial charge in [0.15, 0.2) is 0 Å². The summed E-state index contributed by atoms with van der Waals surface area (Å²) in [6.07, 6.45) is 23.3. The van der Waals surface area contributed by atoms with E-state index in [-0.39, 0.29) is 12.1 Å². The quantitative estimate of drug-likeness (QED) is 0.191. The fourth-order valence-electron chi connectivity index (χ4n) is 10.5. The van der Waals surface area contributed by atoms with Gasteiger partial charge in [0.25, 0.3) is 0 Å². The Kier molecular flexibility index (Phi) is 10.2. The number of unbranched alkanes of at least 4 members (excludes halogenated alkanes) is 4. The predicted octanol–water partition coefficient (Wildman–Crippen LogP) is 10.4. The van der Waals surface area contributed by atoms with Gasteiger partial charge in [-0.1, -0.05) is 86.5 Å². The summed E-state index contributed by atoms with van der Waals surface area (Å²) in [4.78, 5) is 12.5. The van der Waals surface area contributed by atoms with Gasteiger partial charge in [-0.3, -0.25) is 4.79 Å². The minimum atomic E-state index is 0.0757. The van der Waals surface area contributed by atoms with Crippen molar-refractivity contribution in [3.05, 3.63) is 0 Å². The number of esters is 1. The minimum Gasteiger partial charge on any atom is -0.462 e. The molecule has 37 heavy (non-hydrogen) atoms. The van der Waals surface area contributed by atoms with Crippen LogP contribution in [0.1, 0.15) is 157 Å². The largest absolute Gasteiger partial charge is 0.462 e. The number of hydrogen-bond donors (Lipinski definition) is 0. The number of carbonyl (C=O) groups is 1. The first-order chi connectivity index (χ1) is 17.7. The molecule has 2 nitrogen and oxygen atoms in total. The zero-order valence-corrected chi connectivity index (χ0v) is 25.7. The first-order valence-corrected chi connectivity index (χ1v) is 16.9. The molecule has 0 aromatic carbocycles. The maximum absolute atomic E-state index is 12.5. The molecule has 4 fully saturated rings. The van der Waals surface area contributed by atoms with E-state index in [1.807, 2.05) is 0 Å². The van der Waals surface area contributed by atoms with Crippen LogP contribution in [-0.4, -0.2) is 12.1 Å². The normalized spacial score (nSPS) is 40.1. The SMILES string of the molecule is CCCCCCCC(=O)OC1CCC2(C)C(CCC3C2CCC2(C)C(C(C)CCCC(C)C)CCC32)C1. The molecule has 0 spiro atoms. The fourth-order valence-corrected chi connectivity index (χ4v) is 10.5. The van der Waals surface area contributed by atoms with Crippen molar-refractivity contribution >= 4 is 5.97 Å². The number of ether oxygens (including phenoxy) is 1. The molecular weight excluding hydrogens is 452 g/mol. The Balaban J connectivity index is 1.31. The van der Waals surface area contributed by atoms with Gasteiger partial charge in [-0.15, -0.1) is 0 Å². The third-order valence-corrected chi connectivity index (χ3v) is 12.6. The number of fused-ring (bicyclic) bond motifs is 5. The average molecular weight is 515 g/mol. The molecule has 2 heteroatoms. The van der Waals surface area contributed by atoms with E-state index < -0.39 is 0 Å². The second-order valence-corrected chi connectivity index (χ2v) is 15.2. The average Bonchev–Trinajstić information content (AvgIpc) is 3.21. The lowest BCUT2D eigenvalue weighted by Crippen LogP contribution is -2.54. The maximum Gasteiger partial charge on any atom is 0.306 e. The van der Waals surface area contributed by atoms with Crippen molar-refractivity contribution in [2.45, 2.75) is 163 Å². The van der Waals surface area contributed by atoms with E-state index in [4.69, 9.17) is 4.74 Å². The third-order valence-electron chi connectivity index (χ3n) is 12.6. The molecule has 214 valence electrons. The molecule has 0 amide bonds. The van der Waals surface area contributed by atoms with E-state index in [2.05, 4.69) is 41.5 Å². The van der Waals surface area contributed by atoms with Crippen molar-refractivity contribution in [2.24, 2.45) is 52.3 Å². The molecule has 0 heterocycles. The summed E-state index contributed by atoms with van der Waals surface area (Å²) in [5.74, 6) is 6.37. The Morgan fingerprint density at radius 1 is 0.811 bits per heavy atom. The molecule has 0 aromatic rings. The van der Waals surface area contributed by atoms with E-state index in [1.54, 1.807) is 0 Å². The van der Waals surface area contributed by atoms with E-state index >= 15 is 0 Å². The summed E-state index contributed by atoms with van der Waals surface area (Å²) < 4.78 is 6.06. The Morgan fingerprint density at radius 2 is 1.54 bits per heavy atom. The Labute approximate surface area is 230 Å². The Morgan fingerprint density at radius 3 is 2.30 bits per heavy atom. The lowest BCUT2D eigenvalue weighted by Gasteiger charge is -2.61. The van der Waals surface area contributed by atoms with Gasteiger partial charge < -0.3 is 4.74 Å². The van der Waals surface area contributed by atoms with Crippen LogP contribution < -0.4 is 0 Å².